The zero-order chi connectivity index (χ0) is 18.5. The van der Waals surface area contributed by atoms with Gasteiger partial charge in [0.2, 0.25) is 0 Å². The van der Waals surface area contributed by atoms with Crippen LogP contribution in [0, 0.1) is 6.92 Å². The fourth-order valence-electron chi connectivity index (χ4n) is 3.24. The van der Waals surface area contributed by atoms with Crippen LogP contribution in [-0.2, 0) is 17.0 Å². The summed E-state index contributed by atoms with van der Waals surface area (Å²) in [4.78, 5) is 2.38. The van der Waals surface area contributed by atoms with Crippen molar-refractivity contribution in [3.63, 3.8) is 0 Å². The Labute approximate surface area is 164 Å². The maximum atomic E-state index is 5.47. The van der Waals surface area contributed by atoms with Crippen LogP contribution in [-0.4, -0.2) is 46.0 Å². The molecule has 1 aliphatic heterocycles. The highest BCUT2D eigenvalue weighted by Gasteiger charge is 2.18. The lowest BCUT2D eigenvalue weighted by Crippen LogP contribution is -2.36. The summed E-state index contributed by atoms with van der Waals surface area (Å²) in [5.74, 6) is 1.86. The Morgan fingerprint density at radius 2 is 1.81 bits per heavy atom. The number of benzene rings is 2. The summed E-state index contributed by atoms with van der Waals surface area (Å²) in [5, 5.41) is 9.98. The van der Waals surface area contributed by atoms with Crippen LogP contribution < -0.4 is 0 Å². The topological polar surface area (TPSA) is 43.2 Å². The molecule has 0 aliphatic carbocycles. The van der Waals surface area contributed by atoms with E-state index in [-0.39, 0.29) is 0 Å². The molecule has 2 aromatic carbocycles. The van der Waals surface area contributed by atoms with Crippen LogP contribution in [0.25, 0.3) is 5.69 Å². The zero-order valence-electron chi connectivity index (χ0n) is 15.5. The number of aryl methyl sites for hydroxylation is 1. The summed E-state index contributed by atoms with van der Waals surface area (Å²) in [6.45, 7) is 6.36. The predicted octanol–water partition coefficient (Wildman–Crippen LogP) is 3.70. The molecule has 3 aromatic rings. The molecule has 6 heteroatoms. The van der Waals surface area contributed by atoms with Gasteiger partial charge in [-0.2, -0.15) is 0 Å². The van der Waals surface area contributed by atoms with Gasteiger partial charge in [0.15, 0.2) is 11.0 Å². The van der Waals surface area contributed by atoms with E-state index in [0.717, 1.165) is 55.3 Å². The molecule has 0 N–H and O–H groups in total. The molecule has 5 nitrogen and oxygen atoms in total. The maximum absolute atomic E-state index is 5.47. The second-order valence-corrected chi connectivity index (χ2v) is 7.68. The van der Waals surface area contributed by atoms with Gasteiger partial charge in [-0.05, 0) is 24.6 Å². The summed E-state index contributed by atoms with van der Waals surface area (Å²) in [7, 11) is 0. The van der Waals surface area contributed by atoms with Gasteiger partial charge in [-0.25, -0.2) is 0 Å². The third-order valence-electron chi connectivity index (χ3n) is 4.63. The van der Waals surface area contributed by atoms with Crippen molar-refractivity contribution in [3.05, 3.63) is 71.5 Å². The van der Waals surface area contributed by atoms with Crippen molar-refractivity contribution < 1.29 is 4.74 Å². The Morgan fingerprint density at radius 1 is 1.00 bits per heavy atom. The molecule has 0 spiro atoms. The minimum Gasteiger partial charge on any atom is -0.379 e. The number of para-hydroxylation sites is 1. The number of hydrogen-bond acceptors (Lipinski definition) is 5. The van der Waals surface area contributed by atoms with Crippen LogP contribution in [0.1, 0.15) is 17.0 Å². The molecule has 1 aromatic heterocycles. The van der Waals surface area contributed by atoms with E-state index in [9.17, 15) is 0 Å². The second-order valence-electron chi connectivity index (χ2n) is 6.74. The van der Waals surface area contributed by atoms with E-state index in [1.54, 1.807) is 11.8 Å². The van der Waals surface area contributed by atoms with Gasteiger partial charge >= 0.3 is 0 Å². The predicted molar refractivity (Wildman–Crippen MR) is 108 cm³/mol. The van der Waals surface area contributed by atoms with Crippen molar-refractivity contribution >= 4 is 11.8 Å². The maximum Gasteiger partial charge on any atom is 0.196 e. The molecule has 0 saturated carbocycles. The number of hydrogen-bond donors (Lipinski definition) is 0. The van der Waals surface area contributed by atoms with E-state index in [1.165, 1.54) is 11.1 Å². The fourth-order valence-corrected chi connectivity index (χ4v) is 4.16. The number of thioether (sulfide) groups is 1. The number of aromatic nitrogens is 3. The van der Waals surface area contributed by atoms with Crippen LogP contribution in [0.3, 0.4) is 0 Å². The van der Waals surface area contributed by atoms with Crippen LogP contribution in [0.5, 0.6) is 0 Å². The van der Waals surface area contributed by atoms with Gasteiger partial charge in [0.25, 0.3) is 0 Å². The molecular weight excluding hydrogens is 356 g/mol. The molecule has 0 amide bonds. The number of morpholine rings is 1. The third kappa shape index (κ3) is 4.58. The Bertz CT molecular complexity index is 875. The first-order chi connectivity index (χ1) is 13.3. The summed E-state index contributed by atoms with van der Waals surface area (Å²) in [6.07, 6.45) is 0. The lowest BCUT2D eigenvalue weighted by molar-refractivity contribution is 0.0328. The van der Waals surface area contributed by atoms with Gasteiger partial charge in [-0.15, -0.1) is 10.2 Å². The third-order valence-corrected chi connectivity index (χ3v) is 5.63. The number of nitrogens with zero attached hydrogens (tertiary/aromatic N) is 4. The average molecular weight is 381 g/mol. The van der Waals surface area contributed by atoms with Gasteiger partial charge < -0.3 is 4.74 Å². The van der Waals surface area contributed by atoms with Crippen molar-refractivity contribution in [1.29, 1.82) is 0 Å². The quantitative estimate of drug-likeness (QED) is 0.610. The first-order valence-corrected chi connectivity index (χ1v) is 10.3. The molecular formula is C21H24N4OS. The van der Waals surface area contributed by atoms with Gasteiger partial charge in [0, 0.05) is 24.5 Å². The van der Waals surface area contributed by atoms with Gasteiger partial charge in [-0.3, -0.25) is 9.47 Å². The van der Waals surface area contributed by atoms with E-state index in [4.69, 9.17) is 4.74 Å². The first-order valence-electron chi connectivity index (χ1n) is 9.28. The Kier molecular flexibility index (Phi) is 5.87. The van der Waals surface area contributed by atoms with Crippen molar-refractivity contribution in [2.45, 2.75) is 24.4 Å². The van der Waals surface area contributed by atoms with E-state index in [2.05, 4.69) is 75.1 Å². The molecule has 0 bridgehead atoms. The van der Waals surface area contributed by atoms with Gasteiger partial charge in [-0.1, -0.05) is 59.8 Å². The smallest absolute Gasteiger partial charge is 0.196 e. The number of rotatable bonds is 6. The Hall–Kier alpha value is -2.15. The normalized spacial score (nSPS) is 15.1. The Morgan fingerprint density at radius 3 is 2.59 bits per heavy atom. The standard InChI is InChI=1S/C21H24N4OS/c1-17-6-5-7-18(14-17)16-27-21-23-22-20(15-24-10-12-26-13-11-24)25(21)19-8-3-2-4-9-19/h2-9,14H,10-13,15-16H2,1H3. The van der Waals surface area contributed by atoms with E-state index >= 15 is 0 Å². The average Bonchev–Trinajstić information content (AvgIpc) is 3.10. The minimum atomic E-state index is 0.786. The Balaban J connectivity index is 1.58. The summed E-state index contributed by atoms with van der Waals surface area (Å²) in [6, 6.07) is 19.0. The van der Waals surface area contributed by atoms with Crippen molar-refractivity contribution in [2.24, 2.45) is 0 Å². The molecule has 0 radical (unpaired) electrons. The molecule has 0 unspecified atom stereocenters. The van der Waals surface area contributed by atoms with Crippen LogP contribution in [0.2, 0.25) is 0 Å². The lowest BCUT2D eigenvalue weighted by atomic mass is 10.2. The summed E-state index contributed by atoms with van der Waals surface area (Å²) >= 11 is 1.73. The zero-order valence-corrected chi connectivity index (χ0v) is 16.4. The lowest BCUT2D eigenvalue weighted by Gasteiger charge is -2.26. The van der Waals surface area contributed by atoms with Gasteiger partial charge in [0.1, 0.15) is 0 Å². The first kappa shape index (κ1) is 18.2. The molecule has 1 fully saturated rings. The molecule has 2 heterocycles. The molecule has 1 saturated heterocycles. The molecule has 27 heavy (non-hydrogen) atoms. The van der Waals surface area contributed by atoms with Gasteiger partial charge in [0.05, 0.1) is 19.8 Å². The molecule has 0 atom stereocenters. The SMILES string of the molecule is Cc1cccc(CSc2nnc(CN3CCOCC3)n2-c2ccccc2)c1. The van der Waals surface area contributed by atoms with Crippen molar-refractivity contribution in [3.8, 4) is 5.69 Å². The minimum absolute atomic E-state index is 0.786. The largest absolute Gasteiger partial charge is 0.379 e. The van der Waals surface area contributed by atoms with Crippen molar-refractivity contribution in [1.82, 2.24) is 19.7 Å². The fraction of sp³-hybridized carbons (Fsp3) is 0.333. The highest BCUT2D eigenvalue weighted by Crippen LogP contribution is 2.26. The van der Waals surface area contributed by atoms with E-state index in [0.29, 0.717) is 0 Å². The molecule has 1 aliphatic rings. The molecule has 140 valence electrons. The van der Waals surface area contributed by atoms with Crippen molar-refractivity contribution in [2.75, 3.05) is 26.3 Å². The highest BCUT2D eigenvalue weighted by molar-refractivity contribution is 7.98. The summed E-state index contributed by atoms with van der Waals surface area (Å²) in [5.41, 5.74) is 3.69. The monoisotopic (exact) mass is 380 g/mol. The van der Waals surface area contributed by atoms with E-state index in [1.807, 2.05) is 6.07 Å². The van der Waals surface area contributed by atoms with Crippen LogP contribution >= 0.6 is 11.8 Å². The van der Waals surface area contributed by atoms with Crippen LogP contribution in [0.4, 0.5) is 0 Å². The summed E-state index contributed by atoms with van der Waals surface area (Å²) < 4.78 is 7.66. The van der Waals surface area contributed by atoms with E-state index < -0.39 is 0 Å². The highest BCUT2D eigenvalue weighted by atomic mass is 32.2. The molecule has 4 rings (SSSR count). The number of ether oxygens (including phenoxy) is 1. The van der Waals surface area contributed by atoms with Crippen LogP contribution in [0.15, 0.2) is 59.8 Å². The second kappa shape index (κ2) is 8.69.